The zero-order valence-electron chi connectivity index (χ0n) is 8.94. The van der Waals surface area contributed by atoms with Gasteiger partial charge in [-0.15, -0.1) is 0 Å². The molecule has 0 aliphatic carbocycles. The number of cyclic esters (lactones) is 1. The minimum atomic E-state index is -0.187. The van der Waals surface area contributed by atoms with Gasteiger partial charge in [0.1, 0.15) is 6.04 Å². The molecule has 1 rings (SSSR count). The van der Waals surface area contributed by atoms with Crippen molar-refractivity contribution in [1.82, 2.24) is 4.90 Å². The number of hydrogen-bond acceptors (Lipinski definition) is 5. The van der Waals surface area contributed by atoms with Gasteiger partial charge in [0, 0.05) is 33.0 Å². The van der Waals surface area contributed by atoms with Crippen LogP contribution in [0.15, 0.2) is 0 Å². The third-order valence-electron chi connectivity index (χ3n) is 2.44. The van der Waals surface area contributed by atoms with Gasteiger partial charge in [-0.2, -0.15) is 5.26 Å². The first-order valence-corrected chi connectivity index (χ1v) is 5.06. The van der Waals surface area contributed by atoms with Gasteiger partial charge in [-0.1, -0.05) is 0 Å². The molecular formula is C10H16N2O3. The van der Waals surface area contributed by atoms with Crippen LogP contribution in [0.3, 0.4) is 0 Å². The Kier molecular flexibility index (Phi) is 5.08. The lowest BCUT2D eigenvalue weighted by molar-refractivity contribution is -0.142. The van der Waals surface area contributed by atoms with Crippen LogP contribution in [0.1, 0.15) is 12.8 Å². The van der Waals surface area contributed by atoms with Crippen molar-refractivity contribution < 1.29 is 14.3 Å². The number of rotatable bonds is 6. The van der Waals surface area contributed by atoms with E-state index in [-0.39, 0.29) is 12.0 Å². The lowest BCUT2D eigenvalue weighted by atomic mass is 10.2. The topological polar surface area (TPSA) is 62.6 Å². The Labute approximate surface area is 89.6 Å². The standard InChI is InChI=1S/C10H16N2O3/c1-14-8-6-12(5-2-4-11)9-3-7-15-10(9)13/h9H,2-3,5-8H2,1H3. The minimum Gasteiger partial charge on any atom is -0.464 e. The SMILES string of the molecule is COCCN(CCC#N)C1CCOC1=O. The van der Waals surface area contributed by atoms with E-state index < -0.39 is 0 Å². The number of ether oxygens (including phenoxy) is 2. The average molecular weight is 212 g/mol. The van der Waals surface area contributed by atoms with E-state index in [1.807, 2.05) is 4.90 Å². The van der Waals surface area contributed by atoms with E-state index in [9.17, 15) is 4.79 Å². The quantitative estimate of drug-likeness (QED) is 0.587. The van der Waals surface area contributed by atoms with Crippen LogP contribution in [0.5, 0.6) is 0 Å². The molecule has 0 bridgehead atoms. The number of nitriles is 1. The Hall–Kier alpha value is -1.12. The second-order valence-electron chi connectivity index (χ2n) is 3.41. The molecule has 1 atom stereocenters. The van der Waals surface area contributed by atoms with Gasteiger partial charge in [-0.05, 0) is 0 Å². The summed E-state index contributed by atoms with van der Waals surface area (Å²) in [5, 5.41) is 8.53. The van der Waals surface area contributed by atoms with Crippen LogP contribution in [0, 0.1) is 11.3 Å². The van der Waals surface area contributed by atoms with Crippen LogP contribution in [0.2, 0.25) is 0 Å². The molecule has 0 saturated carbocycles. The Morgan fingerprint density at radius 1 is 1.67 bits per heavy atom. The van der Waals surface area contributed by atoms with Gasteiger partial charge >= 0.3 is 5.97 Å². The Morgan fingerprint density at radius 3 is 3.00 bits per heavy atom. The number of esters is 1. The highest BCUT2D eigenvalue weighted by Crippen LogP contribution is 2.14. The van der Waals surface area contributed by atoms with Crippen molar-refractivity contribution in [2.75, 3.05) is 33.4 Å². The van der Waals surface area contributed by atoms with E-state index in [1.54, 1.807) is 7.11 Å². The van der Waals surface area contributed by atoms with Crippen molar-refractivity contribution in [2.45, 2.75) is 18.9 Å². The first kappa shape index (κ1) is 12.0. The highest BCUT2D eigenvalue weighted by Gasteiger charge is 2.31. The van der Waals surface area contributed by atoms with Crippen molar-refractivity contribution in [3.63, 3.8) is 0 Å². The fourth-order valence-electron chi connectivity index (χ4n) is 1.64. The molecule has 1 fully saturated rings. The van der Waals surface area contributed by atoms with Crippen LogP contribution in [-0.2, 0) is 14.3 Å². The predicted molar refractivity (Wildman–Crippen MR) is 53.0 cm³/mol. The summed E-state index contributed by atoms with van der Waals surface area (Å²) in [6, 6.07) is 1.89. The molecule has 0 N–H and O–H groups in total. The van der Waals surface area contributed by atoms with Gasteiger partial charge in [0.25, 0.3) is 0 Å². The van der Waals surface area contributed by atoms with E-state index >= 15 is 0 Å². The van der Waals surface area contributed by atoms with Crippen LogP contribution >= 0.6 is 0 Å². The first-order valence-electron chi connectivity index (χ1n) is 5.06. The summed E-state index contributed by atoms with van der Waals surface area (Å²) in [7, 11) is 1.62. The maximum absolute atomic E-state index is 11.4. The fourth-order valence-corrected chi connectivity index (χ4v) is 1.64. The van der Waals surface area contributed by atoms with Gasteiger partial charge in [0.05, 0.1) is 19.3 Å². The lowest BCUT2D eigenvalue weighted by Gasteiger charge is -2.24. The molecule has 84 valence electrons. The van der Waals surface area contributed by atoms with Gasteiger partial charge in [-0.25, -0.2) is 0 Å². The van der Waals surface area contributed by atoms with Crippen molar-refractivity contribution in [2.24, 2.45) is 0 Å². The molecule has 1 heterocycles. The molecule has 0 aromatic carbocycles. The molecule has 1 aliphatic rings. The van der Waals surface area contributed by atoms with Gasteiger partial charge < -0.3 is 9.47 Å². The second kappa shape index (κ2) is 6.38. The summed E-state index contributed by atoms with van der Waals surface area (Å²) in [6.45, 7) is 2.31. The van der Waals surface area contributed by atoms with E-state index in [0.29, 0.717) is 39.1 Å². The minimum absolute atomic E-state index is 0.177. The Bertz CT molecular complexity index is 250. The zero-order valence-corrected chi connectivity index (χ0v) is 8.94. The lowest BCUT2D eigenvalue weighted by Crippen LogP contribution is -2.41. The van der Waals surface area contributed by atoms with Gasteiger partial charge in [0.15, 0.2) is 0 Å². The van der Waals surface area contributed by atoms with E-state index in [1.165, 1.54) is 0 Å². The maximum Gasteiger partial charge on any atom is 0.323 e. The van der Waals surface area contributed by atoms with Crippen LogP contribution in [-0.4, -0.2) is 50.3 Å². The number of carbonyl (C=O) groups excluding carboxylic acids is 1. The average Bonchev–Trinajstić information content (AvgIpc) is 2.65. The number of hydrogen-bond donors (Lipinski definition) is 0. The molecular weight excluding hydrogens is 196 g/mol. The maximum atomic E-state index is 11.4. The molecule has 5 nitrogen and oxygen atoms in total. The van der Waals surface area contributed by atoms with E-state index in [0.717, 1.165) is 0 Å². The number of nitrogens with zero attached hydrogens (tertiary/aromatic N) is 2. The van der Waals surface area contributed by atoms with Gasteiger partial charge in [0.2, 0.25) is 0 Å². The largest absolute Gasteiger partial charge is 0.464 e. The zero-order chi connectivity index (χ0) is 11.1. The monoisotopic (exact) mass is 212 g/mol. The molecule has 1 unspecified atom stereocenters. The molecule has 15 heavy (non-hydrogen) atoms. The van der Waals surface area contributed by atoms with Crippen LogP contribution in [0.4, 0.5) is 0 Å². The summed E-state index contributed by atoms with van der Waals surface area (Å²) >= 11 is 0. The van der Waals surface area contributed by atoms with Gasteiger partial charge in [-0.3, -0.25) is 9.69 Å². The van der Waals surface area contributed by atoms with Crippen molar-refractivity contribution in [3.05, 3.63) is 0 Å². The summed E-state index contributed by atoms with van der Waals surface area (Å²) in [6.07, 6.45) is 1.14. The summed E-state index contributed by atoms with van der Waals surface area (Å²) in [5.41, 5.74) is 0. The summed E-state index contributed by atoms with van der Waals surface area (Å²) in [5.74, 6) is -0.177. The second-order valence-corrected chi connectivity index (χ2v) is 3.41. The number of carbonyl (C=O) groups is 1. The fraction of sp³-hybridized carbons (Fsp3) is 0.800. The van der Waals surface area contributed by atoms with Crippen molar-refractivity contribution in [1.29, 1.82) is 5.26 Å². The summed E-state index contributed by atoms with van der Waals surface area (Å²) < 4.78 is 9.87. The highest BCUT2D eigenvalue weighted by molar-refractivity contribution is 5.77. The third kappa shape index (κ3) is 3.50. The Morgan fingerprint density at radius 2 is 2.47 bits per heavy atom. The normalized spacial score (nSPS) is 20.3. The Balaban J connectivity index is 2.46. The molecule has 0 aromatic heterocycles. The molecule has 0 aromatic rings. The smallest absolute Gasteiger partial charge is 0.323 e. The van der Waals surface area contributed by atoms with Crippen LogP contribution < -0.4 is 0 Å². The molecule has 5 heteroatoms. The molecule has 1 saturated heterocycles. The van der Waals surface area contributed by atoms with Crippen molar-refractivity contribution in [3.8, 4) is 6.07 Å². The van der Waals surface area contributed by atoms with E-state index in [2.05, 4.69) is 6.07 Å². The molecule has 0 radical (unpaired) electrons. The molecule has 0 spiro atoms. The van der Waals surface area contributed by atoms with Crippen LogP contribution in [0.25, 0.3) is 0 Å². The summed E-state index contributed by atoms with van der Waals surface area (Å²) in [4.78, 5) is 13.3. The molecule has 0 amide bonds. The predicted octanol–water partition coefficient (Wildman–Crippen LogP) is 0.164. The molecule has 1 aliphatic heterocycles. The highest BCUT2D eigenvalue weighted by atomic mass is 16.5. The first-order chi connectivity index (χ1) is 7.29. The van der Waals surface area contributed by atoms with E-state index in [4.69, 9.17) is 14.7 Å². The van der Waals surface area contributed by atoms with Crippen molar-refractivity contribution >= 4 is 5.97 Å². The third-order valence-corrected chi connectivity index (χ3v) is 2.44. The number of methoxy groups -OCH3 is 1.